The lowest BCUT2D eigenvalue weighted by molar-refractivity contribution is -0.123. The summed E-state index contributed by atoms with van der Waals surface area (Å²) in [5, 5.41) is 6.30. The van der Waals surface area contributed by atoms with E-state index in [-0.39, 0.29) is 11.9 Å². The smallest absolute Gasteiger partial charge is 0.236 e. The van der Waals surface area contributed by atoms with Gasteiger partial charge in [0.25, 0.3) is 0 Å². The quantitative estimate of drug-likeness (QED) is 0.725. The van der Waals surface area contributed by atoms with Gasteiger partial charge in [-0.3, -0.25) is 4.79 Å². The maximum atomic E-state index is 11.6. The van der Waals surface area contributed by atoms with E-state index in [1.165, 1.54) is 12.8 Å². The van der Waals surface area contributed by atoms with Crippen molar-refractivity contribution in [3.63, 3.8) is 0 Å². The van der Waals surface area contributed by atoms with Gasteiger partial charge in [-0.25, -0.2) is 0 Å². The monoisotopic (exact) mass is 212 g/mol. The van der Waals surface area contributed by atoms with Crippen LogP contribution in [0.15, 0.2) is 0 Å². The molecular formula is C12H24N2O. The fraction of sp³-hybridized carbons (Fsp3) is 0.917. The molecule has 1 aliphatic carbocycles. The molecule has 0 heterocycles. The first-order chi connectivity index (χ1) is 6.99. The molecule has 2 N–H and O–H groups in total. The lowest BCUT2D eigenvalue weighted by Crippen LogP contribution is -2.51. The molecular weight excluding hydrogens is 188 g/mol. The van der Waals surface area contributed by atoms with Gasteiger partial charge in [0.2, 0.25) is 5.91 Å². The number of rotatable bonds is 5. The molecule has 0 aliphatic heterocycles. The number of carbonyl (C=O) groups excluding carboxylic acids is 1. The van der Waals surface area contributed by atoms with E-state index in [1.807, 2.05) is 6.92 Å². The van der Waals surface area contributed by atoms with Crippen molar-refractivity contribution < 1.29 is 4.79 Å². The number of hydrogen-bond donors (Lipinski definition) is 2. The van der Waals surface area contributed by atoms with Crippen molar-refractivity contribution in [3.8, 4) is 0 Å². The van der Waals surface area contributed by atoms with Crippen LogP contribution in [-0.4, -0.2) is 24.5 Å². The SMILES string of the molecule is CC(C)CNC(=O)C(C)NC1CC(C)C1. The molecule has 1 fully saturated rings. The molecule has 1 atom stereocenters. The van der Waals surface area contributed by atoms with E-state index in [1.54, 1.807) is 0 Å². The minimum atomic E-state index is -0.0544. The number of carbonyl (C=O) groups is 1. The highest BCUT2D eigenvalue weighted by molar-refractivity contribution is 5.81. The zero-order chi connectivity index (χ0) is 11.4. The fourth-order valence-corrected chi connectivity index (χ4v) is 1.93. The van der Waals surface area contributed by atoms with Gasteiger partial charge < -0.3 is 10.6 Å². The van der Waals surface area contributed by atoms with Crippen LogP contribution < -0.4 is 10.6 Å². The largest absolute Gasteiger partial charge is 0.354 e. The van der Waals surface area contributed by atoms with E-state index in [0.29, 0.717) is 12.0 Å². The zero-order valence-electron chi connectivity index (χ0n) is 10.3. The van der Waals surface area contributed by atoms with Crippen LogP contribution in [0.2, 0.25) is 0 Å². The predicted octanol–water partition coefficient (Wildman–Crippen LogP) is 1.54. The summed E-state index contributed by atoms with van der Waals surface area (Å²) in [6.45, 7) is 9.17. The van der Waals surface area contributed by atoms with Crippen LogP contribution in [0.4, 0.5) is 0 Å². The molecule has 3 nitrogen and oxygen atoms in total. The normalized spacial score (nSPS) is 27.3. The van der Waals surface area contributed by atoms with Gasteiger partial charge >= 0.3 is 0 Å². The first kappa shape index (κ1) is 12.5. The Kier molecular flexibility index (Phi) is 4.58. The van der Waals surface area contributed by atoms with Crippen LogP contribution >= 0.6 is 0 Å². The Morgan fingerprint density at radius 2 is 1.93 bits per heavy atom. The second kappa shape index (κ2) is 5.50. The first-order valence-corrected chi connectivity index (χ1v) is 6.02. The number of hydrogen-bond acceptors (Lipinski definition) is 2. The highest BCUT2D eigenvalue weighted by atomic mass is 16.2. The summed E-state index contributed by atoms with van der Waals surface area (Å²) < 4.78 is 0. The zero-order valence-corrected chi connectivity index (χ0v) is 10.3. The summed E-state index contributed by atoms with van der Waals surface area (Å²) in [5.41, 5.74) is 0. The lowest BCUT2D eigenvalue weighted by atomic mass is 9.81. The highest BCUT2D eigenvalue weighted by Crippen LogP contribution is 2.26. The average molecular weight is 212 g/mol. The Morgan fingerprint density at radius 3 is 2.40 bits per heavy atom. The molecule has 88 valence electrons. The van der Waals surface area contributed by atoms with Gasteiger partial charge in [-0.1, -0.05) is 20.8 Å². The molecule has 0 aromatic heterocycles. The van der Waals surface area contributed by atoms with Crippen molar-refractivity contribution in [2.24, 2.45) is 11.8 Å². The van der Waals surface area contributed by atoms with Crippen LogP contribution in [0.5, 0.6) is 0 Å². The van der Waals surface area contributed by atoms with Gasteiger partial charge in [-0.15, -0.1) is 0 Å². The van der Waals surface area contributed by atoms with Gasteiger partial charge in [0.1, 0.15) is 0 Å². The second-order valence-electron chi connectivity index (χ2n) is 5.30. The predicted molar refractivity (Wildman–Crippen MR) is 62.6 cm³/mol. The summed E-state index contributed by atoms with van der Waals surface area (Å²) in [5.74, 6) is 1.47. The molecule has 0 aromatic carbocycles. The lowest BCUT2D eigenvalue weighted by Gasteiger charge is -2.35. The number of nitrogens with one attached hydrogen (secondary N) is 2. The molecule has 0 radical (unpaired) electrons. The van der Waals surface area contributed by atoms with Crippen molar-refractivity contribution in [3.05, 3.63) is 0 Å². The van der Waals surface area contributed by atoms with E-state index in [9.17, 15) is 4.79 Å². The Hall–Kier alpha value is -0.570. The van der Waals surface area contributed by atoms with E-state index in [0.717, 1.165) is 12.5 Å². The molecule has 1 unspecified atom stereocenters. The van der Waals surface area contributed by atoms with Gasteiger partial charge in [-0.2, -0.15) is 0 Å². The van der Waals surface area contributed by atoms with Gasteiger partial charge in [0, 0.05) is 12.6 Å². The highest BCUT2D eigenvalue weighted by Gasteiger charge is 2.27. The minimum Gasteiger partial charge on any atom is -0.354 e. The maximum Gasteiger partial charge on any atom is 0.236 e. The summed E-state index contributed by atoms with van der Waals surface area (Å²) in [4.78, 5) is 11.6. The van der Waals surface area contributed by atoms with Crippen LogP contribution in [-0.2, 0) is 4.79 Å². The fourth-order valence-electron chi connectivity index (χ4n) is 1.93. The van der Waals surface area contributed by atoms with Gasteiger partial charge in [-0.05, 0) is 31.6 Å². The van der Waals surface area contributed by atoms with Gasteiger partial charge in [0.05, 0.1) is 6.04 Å². The molecule has 0 spiro atoms. The Labute approximate surface area is 93.0 Å². The molecule has 0 aromatic rings. The first-order valence-electron chi connectivity index (χ1n) is 6.02. The summed E-state index contributed by atoms with van der Waals surface area (Å²) >= 11 is 0. The van der Waals surface area contributed by atoms with E-state index < -0.39 is 0 Å². The second-order valence-corrected chi connectivity index (χ2v) is 5.30. The van der Waals surface area contributed by atoms with Crippen molar-refractivity contribution in [2.45, 2.75) is 52.6 Å². The van der Waals surface area contributed by atoms with Crippen LogP contribution in [0.3, 0.4) is 0 Å². The molecule has 3 heteroatoms. The summed E-state index contributed by atoms with van der Waals surface area (Å²) in [6.07, 6.45) is 2.42. The number of amides is 1. The standard InChI is InChI=1S/C12H24N2O/c1-8(2)7-13-12(15)10(4)14-11-5-9(3)6-11/h8-11,14H,5-7H2,1-4H3,(H,13,15). The molecule has 0 saturated heterocycles. The summed E-state index contributed by atoms with van der Waals surface area (Å²) in [7, 11) is 0. The molecule has 1 amide bonds. The average Bonchev–Trinajstić information content (AvgIpc) is 2.11. The van der Waals surface area contributed by atoms with Crippen molar-refractivity contribution in [1.82, 2.24) is 10.6 Å². The van der Waals surface area contributed by atoms with Crippen molar-refractivity contribution in [2.75, 3.05) is 6.54 Å². The van der Waals surface area contributed by atoms with Gasteiger partial charge in [0.15, 0.2) is 0 Å². The third kappa shape index (κ3) is 4.20. The molecule has 1 aliphatic rings. The van der Waals surface area contributed by atoms with E-state index >= 15 is 0 Å². The summed E-state index contributed by atoms with van der Waals surface area (Å²) in [6, 6.07) is 0.501. The molecule has 0 bridgehead atoms. The van der Waals surface area contributed by atoms with Crippen molar-refractivity contribution in [1.29, 1.82) is 0 Å². The Balaban J connectivity index is 2.15. The molecule has 1 rings (SSSR count). The molecule has 15 heavy (non-hydrogen) atoms. The van der Waals surface area contributed by atoms with Crippen molar-refractivity contribution >= 4 is 5.91 Å². The molecule has 1 saturated carbocycles. The Bertz CT molecular complexity index is 210. The third-order valence-corrected chi connectivity index (χ3v) is 2.94. The Morgan fingerprint density at radius 1 is 1.33 bits per heavy atom. The third-order valence-electron chi connectivity index (χ3n) is 2.94. The van der Waals surface area contributed by atoms with Crippen LogP contribution in [0, 0.1) is 11.8 Å². The maximum absolute atomic E-state index is 11.6. The minimum absolute atomic E-state index is 0.0544. The van der Waals surface area contributed by atoms with E-state index in [4.69, 9.17) is 0 Å². The van der Waals surface area contributed by atoms with Crippen LogP contribution in [0.25, 0.3) is 0 Å². The van der Waals surface area contributed by atoms with E-state index in [2.05, 4.69) is 31.4 Å². The topological polar surface area (TPSA) is 41.1 Å². The van der Waals surface area contributed by atoms with Crippen LogP contribution in [0.1, 0.15) is 40.5 Å².